The number of benzene rings is 4. The van der Waals surface area contributed by atoms with E-state index in [9.17, 15) is 9.59 Å². The lowest BCUT2D eigenvalue weighted by Crippen LogP contribution is -2.29. The molecule has 0 spiro atoms. The fourth-order valence-corrected chi connectivity index (χ4v) is 4.09. The number of allylic oxidation sites excluding steroid dienone is 1. The highest BCUT2D eigenvalue weighted by Crippen LogP contribution is 2.36. The predicted molar refractivity (Wildman–Crippen MR) is 145 cm³/mol. The number of hydrogen-bond acceptors (Lipinski definition) is 6. The van der Waals surface area contributed by atoms with Crippen LogP contribution in [0.5, 0.6) is 23.0 Å². The third-order valence-corrected chi connectivity index (χ3v) is 5.85. The Hall–Kier alpha value is -5.04. The summed E-state index contributed by atoms with van der Waals surface area (Å²) in [6, 6.07) is 28.6. The Labute approximate surface area is 220 Å². The first-order chi connectivity index (χ1) is 18.6. The maximum Gasteiger partial charge on any atom is 0.424 e. The zero-order valence-corrected chi connectivity index (χ0v) is 20.9. The smallest absolute Gasteiger partial charge is 0.424 e. The van der Waals surface area contributed by atoms with E-state index in [0.29, 0.717) is 46.4 Å². The molecular formula is C31H25NO6. The minimum absolute atomic E-state index is 0.180. The van der Waals surface area contributed by atoms with Crippen LogP contribution in [0.15, 0.2) is 103 Å². The number of rotatable bonds is 7. The van der Waals surface area contributed by atoms with Crippen molar-refractivity contribution in [3.05, 3.63) is 114 Å². The van der Waals surface area contributed by atoms with Crippen molar-refractivity contribution in [2.24, 2.45) is 0 Å². The summed E-state index contributed by atoms with van der Waals surface area (Å²) in [7, 11) is 1.48. The molecule has 0 bridgehead atoms. The summed E-state index contributed by atoms with van der Waals surface area (Å²) >= 11 is 0. The topological polar surface area (TPSA) is 74.3 Å². The molecule has 1 amide bonds. The molecule has 190 valence electrons. The molecule has 0 N–H and O–H groups in total. The van der Waals surface area contributed by atoms with Crippen molar-refractivity contribution < 1.29 is 28.5 Å². The van der Waals surface area contributed by atoms with E-state index < -0.39 is 6.09 Å². The molecule has 0 aliphatic carbocycles. The molecule has 38 heavy (non-hydrogen) atoms. The van der Waals surface area contributed by atoms with Gasteiger partial charge in [-0.3, -0.25) is 4.79 Å². The number of carbonyl (C=O) groups is 2. The quantitative estimate of drug-likeness (QED) is 0.250. The van der Waals surface area contributed by atoms with Crippen molar-refractivity contribution in [1.82, 2.24) is 0 Å². The summed E-state index contributed by atoms with van der Waals surface area (Å²) < 4.78 is 22.6. The zero-order valence-electron chi connectivity index (χ0n) is 20.9. The number of methoxy groups -OCH3 is 1. The Kier molecular flexibility index (Phi) is 7.08. The highest BCUT2D eigenvalue weighted by atomic mass is 16.6. The minimum atomic E-state index is -0.596. The summed E-state index contributed by atoms with van der Waals surface area (Å²) in [5.74, 6) is 1.61. The monoisotopic (exact) mass is 507 g/mol. The fourth-order valence-electron chi connectivity index (χ4n) is 4.09. The maximum atomic E-state index is 13.3. The second-order valence-electron chi connectivity index (χ2n) is 8.32. The zero-order chi connectivity index (χ0) is 26.5. The summed E-state index contributed by atoms with van der Waals surface area (Å²) in [5.41, 5.74) is 2.44. The van der Waals surface area contributed by atoms with Crippen LogP contribution in [0.3, 0.4) is 0 Å². The Balaban J connectivity index is 1.39. The molecule has 0 saturated heterocycles. The van der Waals surface area contributed by atoms with Crippen molar-refractivity contribution >= 4 is 29.3 Å². The van der Waals surface area contributed by atoms with Crippen molar-refractivity contribution in [1.29, 1.82) is 0 Å². The van der Waals surface area contributed by atoms with Gasteiger partial charge < -0.3 is 18.9 Å². The third-order valence-electron chi connectivity index (χ3n) is 5.85. The van der Waals surface area contributed by atoms with E-state index in [1.807, 2.05) is 67.6 Å². The van der Waals surface area contributed by atoms with Crippen molar-refractivity contribution in [3.63, 3.8) is 0 Å². The lowest BCUT2D eigenvalue weighted by Gasteiger charge is -2.22. The van der Waals surface area contributed by atoms with Crippen molar-refractivity contribution in [3.8, 4) is 23.0 Å². The van der Waals surface area contributed by atoms with Crippen LogP contribution < -0.4 is 23.8 Å². The number of anilines is 2. The fraction of sp³-hybridized carbons (Fsp3) is 0.0968. The number of fused-ring (bicyclic) bond motifs is 1. The predicted octanol–water partition coefficient (Wildman–Crippen LogP) is 7.05. The number of hydrogen-bond donors (Lipinski definition) is 0. The molecule has 1 heterocycles. The van der Waals surface area contributed by atoms with Crippen LogP contribution in [0, 0.1) is 0 Å². The van der Waals surface area contributed by atoms with Gasteiger partial charge in [0.15, 0.2) is 17.3 Å². The van der Waals surface area contributed by atoms with E-state index in [0.717, 1.165) is 0 Å². The average Bonchev–Trinajstić information content (AvgIpc) is 3.25. The van der Waals surface area contributed by atoms with Gasteiger partial charge in [-0.05, 0) is 67.1 Å². The molecule has 0 aromatic heterocycles. The molecule has 7 nitrogen and oxygen atoms in total. The summed E-state index contributed by atoms with van der Waals surface area (Å²) in [4.78, 5) is 27.7. The highest BCUT2D eigenvalue weighted by Gasteiger charge is 2.28. The molecule has 1 aliphatic rings. The Morgan fingerprint density at radius 3 is 2.18 bits per heavy atom. The lowest BCUT2D eigenvalue weighted by molar-refractivity contribution is 0.101. The average molecular weight is 508 g/mol. The maximum absolute atomic E-state index is 13.3. The molecule has 0 fully saturated rings. The number of nitrogens with zero attached hydrogens (tertiary/aromatic N) is 1. The van der Waals surface area contributed by atoms with Crippen LogP contribution in [0.4, 0.5) is 16.2 Å². The van der Waals surface area contributed by atoms with Gasteiger partial charge in [0.25, 0.3) is 0 Å². The van der Waals surface area contributed by atoms with Gasteiger partial charge in [-0.2, -0.15) is 0 Å². The van der Waals surface area contributed by atoms with E-state index in [1.165, 1.54) is 12.0 Å². The van der Waals surface area contributed by atoms with Crippen LogP contribution in [0.2, 0.25) is 0 Å². The third kappa shape index (κ3) is 5.08. The summed E-state index contributed by atoms with van der Waals surface area (Å²) in [5, 5.41) is 0. The van der Waals surface area contributed by atoms with Gasteiger partial charge in [-0.25, -0.2) is 9.69 Å². The van der Waals surface area contributed by atoms with Crippen LogP contribution in [-0.4, -0.2) is 25.6 Å². The number of para-hydroxylation sites is 2. The number of amides is 1. The van der Waals surface area contributed by atoms with E-state index in [2.05, 4.69) is 0 Å². The van der Waals surface area contributed by atoms with Crippen LogP contribution in [-0.2, 0) is 0 Å². The van der Waals surface area contributed by atoms with Gasteiger partial charge in [0.05, 0.1) is 30.7 Å². The lowest BCUT2D eigenvalue weighted by atomic mass is 10.1. The van der Waals surface area contributed by atoms with Crippen molar-refractivity contribution in [2.45, 2.75) is 6.92 Å². The molecular weight excluding hydrogens is 482 g/mol. The van der Waals surface area contributed by atoms with Gasteiger partial charge in [0.2, 0.25) is 5.78 Å². The normalized spacial score (nSPS) is 13.0. The second-order valence-corrected chi connectivity index (χ2v) is 8.32. The van der Waals surface area contributed by atoms with Crippen molar-refractivity contribution in [2.75, 3.05) is 18.6 Å². The van der Waals surface area contributed by atoms with Crippen LogP contribution in [0.25, 0.3) is 6.08 Å². The number of Topliss-reactive ketones (excluding diaryl/α,β-unsaturated/α-hetero) is 1. The Morgan fingerprint density at radius 1 is 0.868 bits per heavy atom. The minimum Gasteiger partial charge on any atom is -0.494 e. The molecule has 0 saturated carbocycles. The first-order valence-electron chi connectivity index (χ1n) is 12.1. The SMILES string of the molecule is CCOc1ccc2c(c1)O/C(=C\c1ccc(OC(=O)N(c3ccccc3)c3ccccc3)c(OC)c1)C2=O. The van der Waals surface area contributed by atoms with E-state index in [1.54, 1.807) is 42.5 Å². The van der Waals surface area contributed by atoms with Gasteiger partial charge in [-0.15, -0.1) is 0 Å². The van der Waals surface area contributed by atoms with Crippen LogP contribution in [0.1, 0.15) is 22.8 Å². The van der Waals surface area contributed by atoms with Gasteiger partial charge >= 0.3 is 6.09 Å². The number of ether oxygens (including phenoxy) is 4. The summed E-state index contributed by atoms with van der Waals surface area (Å²) in [6.07, 6.45) is 1.03. The van der Waals surface area contributed by atoms with Gasteiger partial charge in [0, 0.05) is 6.07 Å². The van der Waals surface area contributed by atoms with E-state index in [-0.39, 0.29) is 17.3 Å². The molecule has 5 rings (SSSR count). The van der Waals surface area contributed by atoms with E-state index >= 15 is 0 Å². The number of carbonyl (C=O) groups excluding carboxylic acids is 2. The Bertz CT molecular complexity index is 1460. The van der Waals surface area contributed by atoms with Gasteiger partial charge in [-0.1, -0.05) is 42.5 Å². The standard InChI is InChI=1S/C31H25NO6/c1-3-36-24-15-16-25-27(20-24)37-29(30(25)33)19-21-14-17-26(28(18-21)35-2)38-31(34)32(22-10-6-4-7-11-22)23-12-8-5-9-13-23/h4-20H,3H2,1-2H3/b29-19-. The first-order valence-corrected chi connectivity index (χ1v) is 12.1. The highest BCUT2D eigenvalue weighted by molar-refractivity contribution is 6.14. The number of ketones is 1. The largest absolute Gasteiger partial charge is 0.494 e. The van der Waals surface area contributed by atoms with E-state index in [4.69, 9.17) is 18.9 Å². The molecule has 1 aliphatic heterocycles. The molecule has 4 aromatic carbocycles. The Morgan fingerprint density at radius 2 is 1.55 bits per heavy atom. The second kappa shape index (κ2) is 10.9. The molecule has 4 aromatic rings. The summed E-state index contributed by atoms with van der Waals surface area (Å²) in [6.45, 7) is 2.40. The van der Waals surface area contributed by atoms with Gasteiger partial charge in [0.1, 0.15) is 11.5 Å². The molecule has 0 radical (unpaired) electrons. The molecule has 7 heteroatoms. The van der Waals surface area contributed by atoms with Crippen LogP contribution >= 0.6 is 0 Å². The molecule has 0 atom stereocenters. The molecule has 0 unspecified atom stereocenters. The first kappa shape index (κ1) is 24.6.